The SMILES string of the molecule is CN(C)NC(=O)NCCCCC(=O)O. The first-order valence-electron chi connectivity index (χ1n) is 4.46. The van der Waals surface area contributed by atoms with E-state index in [2.05, 4.69) is 10.7 Å². The number of rotatable bonds is 6. The molecule has 0 heterocycles. The van der Waals surface area contributed by atoms with Gasteiger partial charge in [0, 0.05) is 27.1 Å². The summed E-state index contributed by atoms with van der Waals surface area (Å²) in [5, 5.41) is 12.5. The van der Waals surface area contributed by atoms with E-state index in [0.717, 1.165) is 0 Å². The highest BCUT2D eigenvalue weighted by Gasteiger charge is 2.00. The topological polar surface area (TPSA) is 81.7 Å². The number of carboxylic acid groups (broad SMARTS) is 1. The molecule has 0 aromatic carbocycles. The van der Waals surface area contributed by atoms with E-state index in [1.54, 1.807) is 14.1 Å². The first kappa shape index (κ1) is 12.7. The fraction of sp³-hybridized carbons (Fsp3) is 0.750. The van der Waals surface area contributed by atoms with Gasteiger partial charge < -0.3 is 10.4 Å². The van der Waals surface area contributed by atoms with Crippen LogP contribution in [0.5, 0.6) is 0 Å². The second kappa shape index (κ2) is 7.14. The zero-order chi connectivity index (χ0) is 11.0. The second-order valence-electron chi connectivity index (χ2n) is 3.11. The fourth-order valence-electron chi connectivity index (χ4n) is 0.846. The Morgan fingerprint density at radius 3 is 2.43 bits per heavy atom. The van der Waals surface area contributed by atoms with Crippen LogP contribution in [0.15, 0.2) is 0 Å². The predicted molar refractivity (Wildman–Crippen MR) is 51.7 cm³/mol. The minimum Gasteiger partial charge on any atom is -0.481 e. The van der Waals surface area contributed by atoms with Crippen LogP contribution in [0.25, 0.3) is 0 Å². The second-order valence-corrected chi connectivity index (χ2v) is 3.11. The highest BCUT2D eigenvalue weighted by Crippen LogP contribution is 1.92. The normalized spacial score (nSPS) is 9.93. The molecular formula is C8H17N3O3. The quantitative estimate of drug-likeness (QED) is 0.420. The summed E-state index contributed by atoms with van der Waals surface area (Å²) in [5.41, 5.74) is 2.51. The minimum absolute atomic E-state index is 0.150. The predicted octanol–water partition coefficient (Wildman–Crippen LogP) is 0.0171. The van der Waals surface area contributed by atoms with E-state index in [1.807, 2.05) is 0 Å². The Balaban J connectivity index is 3.27. The van der Waals surface area contributed by atoms with Crippen LogP contribution in [0.1, 0.15) is 19.3 Å². The molecule has 0 aromatic rings. The van der Waals surface area contributed by atoms with E-state index in [9.17, 15) is 9.59 Å². The monoisotopic (exact) mass is 203 g/mol. The van der Waals surface area contributed by atoms with Crippen molar-refractivity contribution in [3.8, 4) is 0 Å². The number of amides is 2. The van der Waals surface area contributed by atoms with Crippen molar-refractivity contribution in [2.75, 3.05) is 20.6 Å². The van der Waals surface area contributed by atoms with E-state index in [0.29, 0.717) is 19.4 Å². The van der Waals surface area contributed by atoms with Gasteiger partial charge in [-0.1, -0.05) is 0 Å². The first-order valence-corrected chi connectivity index (χ1v) is 4.46. The number of nitrogens with zero attached hydrogens (tertiary/aromatic N) is 1. The number of nitrogens with one attached hydrogen (secondary N) is 2. The largest absolute Gasteiger partial charge is 0.481 e. The number of hydrogen-bond acceptors (Lipinski definition) is 3. The molecule has 0 aliphatic rings. The van der Waals surface area contributed by atoms with Gasteiger partial charge in [0.1, 0.15) is 0 Å². The molecule has 0 rings (SSSR count). The average Bonchev–Trinajstić information content (AvgIpc) is 2.01. The third-order valence-corrected chi connectivity index (χ3v) is 1.43. The van der Waals surface area contributed by atoms with Crippen LogP contribution in [0.4, 0.5) is 4.79 Å². The molecule has 0 spiro atoms. The van der Waals surface area contributed by atoms with Gasteiger partial charge in [0.25, 0.3) is 0 Å². The highest BCUT2D eigenvalue weighted by atomic mass is 16.4. The van der Waals surface area contributed by atoms with Crippen molar-refractivity contribution in [2.45, 2.75) is 19.3 Å². The van der Waals surface area contributed by atoms with Crippen LogP contribution in [0, 0.1) is 0 Å². The van der Waals surface area contributed by atoms with E-state index >= 15 is 0 Å². The zero-order valence-electron chi connectivity index (χ0n) is 8.54. The van der Waals surface area contributed by atoms with Crippen LogP contribution < -0.4 is 10.7 Å². The summed E-state index contributed by atoms with van der Waals surface area (Å²) in [7, 11) is 3.42. The van der Waals surface area contributed by atoms with Gasteiger partial charge in [-0.25, -0.2) is 9.80 Å². The molecule has 2 amide bonds. The molecule has 6 nitrogen and oxygen atoms in total. The van der Waals surface area contributed by atoms with Crippen LogP contribution in [0.3, 0.4) is 0 Å². The Kier molecular flexibility index (Phi) is 6.47. The summed E-state index contributed by atoms with van der Waals surface area (Å²) in [6.45, 7) is 0.493. The summed E-state index contributed by atoms with van der Waals surface area (Å²) in [5.74, 6) is -0.803. The number of aliphatic carboxylic acids is 1. The highest BCUT2D eigenvalue weighted by molar-refractivity contribution is 5.73. The Bertz CT molecular complexity index is 194. The Morgan fingerprint density at radius 1 is 1.29 bits per heavy atom. The molecule has 0 saturated heterocycles. The summed E-state index contributed by atoms with van der Waals surface area (Å²) in [6.07, 6.45) is 1.40. The average molecular weight is 203 g/mol. The summed E-state index contributed by atoms with van der Waals surface area (Å²) in [6, 6.07) is -0.273. The van der Waals surface area contributed by atoms with Crippen LogP contribution >= 0.6 is 0 Å². The maximum Gasteiger partial charge on any atom is 0.329 e. The molecule has 0 aliphatic heterocycles. The molecule has 0 unspecified atom stereocenters. The van der Waals surface area contributed by atoms with Gasteiger partial charge in [-0.05, 0) is 12.8 Å². The summed E-state index contributed by atoms with van der Waals surface area (Å²) >= 11 is 0. The van der Waals surface area contributed by atoms with Crippen molar-refractivity contribution < 1.29 is 14.7 Å². The first-order chi connectivity index (χ1) is 6.52. The lowest BCUT2D eigenvalue weighted by Crippen LogP contribution is -2.43. The third-order valence-electron chi connectivity index (χ3n) is 1.43. The maximum atomic E-state index is 11.0. The fourth-order valence-corrected chi connectivity index (χ4v) is 0.846. The van der Waals surface area contributed by atoms with Gasteiger partial charge in [0.05, 0.1) is 0 Å². The molecular weight excluding hydrogens is 186 g/mol. The number of hydrazine groups is 1. The number of urea groups is 1. The van der Waals surface area contributed by atoms with Gasteiger partial charge in [0.15, 0.2) is 0 Å². The number of carboxylic acids is 1. The molecule has 0 radical (unpaired) electrons. The minimum atomic E-state index is -0.803. The molecule has 0 bridgehead atoms. The summed E-state index contributed by atoms with van der Waals surface area (Å²) < 4.78 is 0. The number of carbonyl (C=O) groups excluding carboxylic acids is 1. The van der Waals surface area contributed by atoms with Crippen LogP contribution in [0.2, 0.25) is 0 Å². The molecule has 0 atom stereocenters. The third kappa shape index (κ3) is 8.79. The smallest absolute Gasteiger partial charge is 0.329 e. The number of hydrogen-bond donors (Lipinski definition) is 3. The van der Waals surface area contributed by atoms with E-state index in [4.69, 9.17) is 5.11 Å². The van der Waals surface area contributed by atoms with Crippen molar-refractivity contribution in [1.82, 2.24) is 15.8 Å². The van der Waals surface area contributed by atoms with Gasteiger partial charge in [0.2, 0.25) is 0 Å². The number of carbonyl (C=O) groups is 2. The summed E-state index contributed by atoms with van der Waals surface area (Å²) in [4.78, 5) is 21.1. The lowest BCUT2D eigenvalue weighted by atomic mass is 10.2. The van der Waals surface area contributed by atoms with Gasteiger partial charge in [-0.3, -0.25) is 10.2 Å². The van der Waals surface area contributed by atoms with Crippen molar-refractivity contribution in [1.29, 1.82) is 0 Å². The van der Waals surface area contributed by atoms with Crippen molar-refractivity contribution in [3.05, 3.63) is 0 Å². The van der Waals surface area contributed by atoms with Crippen molar-refractivity contribution >= 4 is 12.0 Å². The van der Waals surface area contributed by atoms with Gasteiger partial charge in [-0.2, -0.15) is 0 Å². The molecule has 0 saturated carbocycles. The van der Waals surface area contributed by atoms with E-state index < -0.39 is 5.97 Å². The molecule has 0 aliphatic carbocycles. The van der Waals surface area contributed by atoms with Crippen molar-refractivity contribution in [3.63, 3.8) is 0 Å². The maximum absolute atomic E-state index is 11.0. The Hall–Kier alpha value is -1.30. The lowest BCUT2D eigenvalue weighted by Gasteiger charge is -2.12. The molecule has 0 aromatic heterocycles. The molecule has 82 valence electrons. The molecule has 6 heteroatoms. The molecule has 3 N–H and O–H groups in total. The van der Waals surface area contributed by atoms with Gasteiger partial charge >= 0.3 is 12.0 Å². The Labute approximate surface area is 83.2 Å². The zero-order valence-corrected chi connectivity index (χ0v) is 8.54. The molecule has 14 heavy (non-hydrogen) atoms. The number of unbranched alkanes of at least 4 members (excludes halogenated alkanes) is 1. The van der Waals surface area contributed by atoms with Gasteiger partial charge in [-0.15, -0.1) is 0 Å². The van der Waals surface area contributed by atoms with Crippen LogP contribution in [-0.4, -0.2) is 42.8 Å². The lowest BCUT2D eigenvalue weighted by molar-refractivity contribution is -0.137. The standard InChI is InChI=1S/C8H17N3O3/c1-11(2)10-8(14)9-6-4-3-5-7(12)13/h3-6H2,1-2H3,(H,12,13)(H2,9,10,14). The molecule has 0 fully saturated rings. The van der Waals surface area contributed by atoms with Crippen molar-refractivity contribution in [2.24, 2.45) is 0 Å². The Morgan fingerprint density at radius 2 is 1.93 bits per heavy atom. The van der Waals surface area contributed by atoms with E-state index in [-0.39, 0.29) is 12.5 Å². The van der Waals surface area contributed by atoms with E-state index in [1.165, 1.54) is 5.01 Å². The van der Waals surface area contributed by atoms with Crippen LogP contribution in [-0.2, 0) is 4.79 Å².